The van der Waals surface area contributed by atoms with Crippen LogP contribution >= 0.6 is 0 Å². The number of rotatable bonds is 9. The number of amides is 1. The molecule has 1 N–H and O–H groups in total. The Morgan fingerprint density at radius 2 is 1.65 bits per heavy atom. The molecule has 2 heterocycles. The molecule has 0 aliphatic carbocycles. The van der Waals surface area contributed by atoms with Gasteiger partial charge in [-0.05, 0) is 72.1 Å². The van der Waals surface area contributed by atoms with Crippen LogP contribution in [-0.2, 0) is 17.8 Å². The van der Waals surface area contributed by atoms with Gasteiger partial charge in [0.15, 0.2) is 5.82 Å². The molecule has 0 saturated heterocycles. The van der Waals surface area contributed by atoms with Gasteiger partial charge in [-0.15, -0.1) is 0 Å². The molecular weight excluding hydrogens is 441 g/mol. The number of hydrogen-bond donors (Lipinski definition) is 1. The predicted octanol–water partition coefficient (Wildman–Crippen LogP) is 5.38. The number of anilines is 2. The van der Waals surface area contributed by atoms with Crippen LogP contribution in [-0.4, -0.2) is 22.9 Å². The largest absolute Gasteiger partial charge is 0.368 e. The van der Waals surface area contributed by atoms with E-state index in [1.165, 1.54) is 29.2 Å². The molecule has 34 heavy (non-hydrogen) atoms. The Morgan fingerprint density at radius 3 is 2.32 bits per heavy atom. The van der Waals surface area contributed by atoms with Gasteiger partial charge in [0.05, 0.1) is 17.9 Å². The first-order chi connectivity index (χ1) is 16.5. The summed E-state index contributed by atoms with van der Waals surface area (Å²) >= 11 is 0. The van der Waals surface area contributed by atoms with Crippen LogP contribution in [0.15, 0.2) is 79.1 Å². The van der Waals surface area contributed by atoms with Crippen LogP contribution in [0.2, 0.25) is 0 Å². The molecule has 0 unspecified atom stereocenters. The molecule has 8 heteroatoms. The van der Waals surface area contributed by atoms with Crippen LogP contribution in [0.3, 0.4) is 0 Å². The number of carbonyl (C=O) groups is 1. The highest BCUT2D eigenvalue weighted by Gasteiger charge is 2.15. The SMILES string of the molecule is O=CN(Cc1cccnc1)c1ccc(-c2ccc(F)cc2)nc1NCCc1cc(F)cc(F)c1. The second-order valence-corrected chi connectivity index (χ2v) is 7.62. The average molecular weight is 462 g/mol. The van der Waals surface area contributed by atoms with Gasteiger partial charge in [0, 0.05) is 30.6 Å². The Morgan fingerprint density at radius 1 is 0.882 bits per heavy atom. The van der Waals surface area contributed by atoms with Gasteiger partial charge in [-0.25, -0.2) is 18.2 Å². The first-order valence-electron chi connectivity index (χ1n) is 10.6. The summed E-state index contributed by atoms with van der Waals surface area (Å²) in [7, 11) is 0. The highest BCUT2D eigenvalue weighted by atomic mass is 19.1. The van der Waals surface area contributed by atoms with Crippen molar-refractivity contribution in [2.45, 2.75) is 13.0 Å². The summed E-state index contributed by atoms with van der Waals surface area (Å²) in [5.74, 6) is -1.23. The molecule has 1 amide bonds. The van der Waals surface area contributed by atoms with Gasteiger partial charge in [0.25, 0.3) is 0 Å². The van der Waals surface area contributed by atoms with E-state index in [0.29, 0.717) is 47.7 Å². The number of pyridine rings is 2. The van der Waals surface area contributed by atoms with Gasteiger partial charge < -0.3 is 10.2 Å². The lowest BCUT2D eigenvalue weighted by Crippen LogP contribution is -2.23. The summed E-state index contributed by atoms with van der Waals surface area (Å²) in [5.41, 5.74) is 3.13. The van der Waals surface area contributed by atoms with E-state index in [9.17, 15) is 18.0 Å². The van der Waals surface area contributed by atoms with Crippen molar-refractivity contribution in [3.63, 3.8) is 0 Å². The topological polar surface area (TPSA) is 58.1 Å². The Kier molecular flexibility index (Phi) is 7.17. The van der Waals surface area contributed by atoms with Crippen molar-refractivity contribution >= 4 is 17.9 Å². The van der Waals surface area contributed by atoms with E-state index >= 15 is 0 Å². The summed E-state index contributed by atoms with van der Waals surface area (Å²) in [6.07, 6.45) is 4.35. The molecule has 2 aromatic carbocycles. The number of hydrogen-bond acceptors (Lipinski definition) is 4. The maximum atomic E-state index is 13.5. The molecule has 0 radical (unpaired) electrons. The van der Waals surface area contributed by atoms with Crippen LogP contribution in [0, 0.1) is 17.5 Å². The highest BCUT2D eigenvalue weighted by molar-refractivity contribution is 5.83. The molecule has 0 aliphatic rings. The van der Waals surface area contributed by atoms with Gasteiger partial charge in [-0.1, -0.05) is 6.07 Å². The fraction of sp³-hybridized carbons (Fsp3) is 0.115. The van der Waals surface area contributed by atoms with E-state index in [4.69, 9.17) is 0 Å². The molecule has 4 rings (SSSR count). The molecule has 5 nitrogen and oxygen atoms in total. The predicted molar refractivity (Wildman–Crippen MR) is 125 cm³/mol. The lowest BCUT2D eigenvalue weighted by atomic mass is 10.1. The van der Waals surface area contributed by atoms with E-state index in [0.717, 1.165) is 11.6 Å². The highest BCUT2D eigenvalue weighted by Crippen LogP contribution is 2.29. The number of halogens is 3. The monoisotopic (exact) mass is 462 g/mol. The molecule has 0 saturated carbocycles. The summed E-state index contributed by atoms with van der Waals surface area (Å²) < 4.78 is 40.4. The molecular formula is C26H21F3N4O. The van der Waals surface area contributed by atoms with E-state index < -0.39 is 11.6 Å². The van der Waals surface area contributed by atoms with Crippen molar-refractivity contribution < 1.29 is 18.0 Å². The minimum atomic E-state index is -0.643. The second-order valence-electron chi connectivity index (χ2n) is 7.62. The normalized spacial score (nSPS) is 10.7. The molecule has 0 aliphatic heterocycles. The number of carbonyl (C=O) groups excluding carboxylic acids is 1. The quantitative estimate of drug-likeness (QED) is 0.340. The zero-order chi connectivity index (χ0) is 23.9. The van der Waals surface area contributed by atoms with Gasteiger partial charge in [-0.2, -0.15) is 0 Å². The molecule has 0 atom stereocenters. The van der Waals surface area contributed by atoms with Crippen molar-refractivity contribution in [1.29, 1.82) is 0 Å². The lowest BCUT2D eigenvalue weighted by molar-refractivity contribution is -0.107. The van der Waals surface area contributed by atoms with Crippen molar-refractivity contribution in [3.05, 3.63) is 108 Å². The summed E-state index contributed by atoms with van der Waals surface area (Å²) in [4.78, 5) is 22.2. The number of nitrogens with one attached hydrogen (secondary N) is 1. The number of nitrogens with zero attached hydrogens (tertiary/aromatic N) is 3. The second kappa shape index (κ2) is 10.6. The van der Waals surface area contributed by atoms with Gasteiger partial charge in [-0.3, -0.25) is 9.78 Å². The van der Waals surface area contributed by atoms with Crippen LogP contribution < -0.4 is 10.2 Å². The third-order valence-electron chi connectivity index (χ3n) is 5.15. The summed E-state index contributed by atoms with van der Waals surface area (Å²) in [6, 6.07) is 16.4. The Labute approximate surface area is 194 Å². The molecule has 172 valence electrons. The van der Waals surface area contributed by atoms with Crippen molar-refractivity contribution in [2.24, 2.45) is 0 Å². The van der Waals surface area contributed by atoms with E-state index in [2.05, 4.69) is 15.3 Å². The number of aromatic nitrogens is 2. The van der Waals surface area contributed by atoms with E-state index in [1.807, 2.05) is 6.07 Å². The maximum Gasteiger partial charge on any atom is 0.214 e. The minimum absolute atomic E-state index is 0.276. The van der Waals surface area contributed by atoms with Crippen LogP contribution in [0.1, 0.15) is 11.1 Å². The van der Waals surface area contributed by atoms with E-state index in [-0.39, 0.29) is 12.4 Å². The standard InChI is InChI=1S/C26H21F3N4O/c27-21-5-3-20(4-6-21)24-7-8-25(33(17-34)16-19-2-1-10-30-15-19)26(32-24)31-11-9-18-12-22(28)14-23(29)13-18/h1-8,10,12-15,17H,9,11,16H2,(H,31,32). The van der Waals surface area contributed by atoms with Gasteiger partial charge in [0.2, 0.25) is 6.41 Å². The lowest BCUT2D eigenvalue weighted by Gasteiger charge is -2.21. The zero-order valence-electron chi connectivity index (χ0n) is 18.1. The third kappa shape index (κ3) is 5.78. The van der Waals surface area contributed by atoms with Crippen molar-refractivity contribution in [1.82, 2.24) is 9.97 Å². The Bertz CT molecular complexity index is 1250. The molecule has 0 fully saturated rings. The maximum absolute atomic E-state index is 13.5. The smallest absolute Gasteiger partial charge is 0.214 e. The van der Waals surface area contributed by atoms with Crippen LogP contribution in [0.5, 0.6) is 0 Å². The molecule has 0 spiro atoms. The Hall–Kier alpha value is -4.20. The van der Waals surface area contributed by atoms with E-state index in [1.54, 1.807) is 42.7 Å². The fourth-order valence-electron chi connectivity index (χ4n) is 3.54. The Balaban J connectivity index is 1.62. The third-order valence-corrected chi connectivity index (χ3v) is 5.15. The molecule has 0 bridgehead atoms. The van der Waals surface area contributed by atoms with Crippen LogP contribution in [0.25, 0.3) is 11.3 Å². The first-order valence-corrected chi connectivity index (χ1v) is 10.6. The molecule has 4 aromatic rings. The van der Waals surface area contributed by atoms with Crippen molar-refractivity contribution in [3.8, 4) is 11.3 Å². The summed E-state index contributed by atoms with van der Waals surface area (Å²) in [5, 5.41) is 3.18. The van der Waals surface area contributed by atoms with Crippen molar-refractivity contribution in [2.75, 3.05) is 16.8 Å². The minimum Gasteiger partial charge on any atom is -0.368 e. The number of benzene rings is 2. The summed E-state index contributed by atoms with van der Waals surface area (Å²) in [6.45, 7) is 0.591. The first kappa shape index (κ1) is 23.0. The average Bonchev–Trinajstić information content (AvgIpc) is 2.83. The zero-order valence-corrected chi connectivity index (χ0v) is 18.1. The van der Waals surface area contributed by atoms with Gasteiger partial charge >= 0.3 is 0 Å². The fourth-order valence-corrected chi connectivity index (χ4v) is 3.54. The van der Waals surface area contributed by atoms with Gasteiger partial charge in [0.1, 0.15) is 17.5 Å². The van der Waals surface area contributed by atoms with Crippen LogP contribution in [0.4, 0.5) is 24.7 Å². The molecule has 2 aromatic heterocycles.